The maximum atomic E-state index is 12.1. The average Bonchev–Trinajstić information content (AvgIpc) is 2.94. The molecule has 1 saturated heterocycles. The van der Waals surface area contributed by atoms with Crippen molar-refractivity contribution in [2.75, 3.05) is 13.1 Å². The summed E-state index contributed by atoms with van der Waals surface area (Å²) >= 11 is 0. The van der Waals surface area contributed by atoms with Crippen molar-refractivity contribution >= 4 is 11.9 Å². The molecule has 0 unspecified atom stereocenters. The highest BCUT2D eigenvalue weighted by molar-refractivity contribution is 5.89. The number of likely N-dealkylation sites (tertiary alicyclic amines) is 1. The Kier molecular flexibility index (Phi) is 4.77. The number of carboxylic acids is 1. The molecule has 0 bridgehead atoms. The summed E-state index contributed by atoms with van der Waals surface area (Å²) in [5.41, 5.74) is 1.03. The van der Waals surface area contributed by atoms with E-state index in [9.17, 15) is 9.59 Å². The van der Waals surface area contributed by atoms with Gasteiger partial charge in [-0.1, -0.05) is 31.5 Å². The fourth-order valence-corrected chi connectivity index (χ4v) is 2.74. The first-order valence-electron chi connectivity index (χ1n) is 7.20. The molecule has 20 heavy (non-hydrogen) atoms. The van der Waals surface area contributed by atoms with Crippen molar-refractivity contribution in [3.8, 4) is 0 Å². The minimum atomic E-state index is -0.930. The van der Waals surface area contributed by atoms with Gasteiger partial charge in [0.05, 0.1) is 5.56 Å². The summed E-state index contributed by atoms with van der Waals surface area (Å²) < 4.78 is 0. The van der Waals surface area contributed by atoms with Crippen LogP contribution in [0, 0.1) is 5.92 Å². The first-order chi connectivity index (χ1) is 9.61. The monoisotopic (exact) mass is 275 g/mol. The van der Waals surface area contributed by atoms with E-state index in [0.717, 1.165) is 31.5 Å². The molecule has 2 rings (SSSR count). The van der Waals surface area contributed by atoms with E-state index < -0.39 is 5.97 Å². The zero-order chi connectivity index (χ0) is 14.5. The van der Waals surface area contributed by atoms with Gasteiger partial charge in [0, 0.05) is 19.5 Å². The highest BCUT2D eigenvalue weighted by atomic mass is 16.4. The highest BCUT2D eigenvalue weighted by Gasteiger charge is 2.24. The molecule has 4 heteroatoms. The molecule has 4 nitrogen and oxygen atoms in total. The van der Waals surface area contributed by atoms with Gasteiger partial charge in [0.25, 0.3) is 0 Å². The van der Waals surface area contributed by atoms with Gasteiger partial charge in [0.15, 0.2) is 0 Å². The molecule has 0 aromatic heterocycles. The lowest BCUT2D eigenvalue weighted by Crippen LogP contribution is -2.28. The van der Waals surface area contributed by atoms with Gasteiger partial charge >= 0.3 is 5.97 Å². The Morgan fingerprint density at radius 1 is 1.35 bits per heavy atom. The van der Waals surface area contributed by atoms with E-state index in [1.807, 2.05) is 11.0 Å². The van der Waals surface area contributed by atoms with Crippen LogP contribution in [0.3, 0.4) is 0 Å². The molecule has 108 valence electrons. The number of rotatable bonds is 5. The molecular weight excluding hydrogens is 254 g/mol. The fourth-order valence-electron chi connectivity index (χ4n) is 2.74. The summed E-state index contributed by atoms with van der Waals surface area (Å²) in [4.78, 5) is 25.2. The van der Waals surface area contributed by atoms with Crippen LogP contribution in [0.5, 0.6) is 0 Å². The van der Waals surface area contributed by atoms with Crippen molar-refractivity contribution in [2.45, 2.75) is 32.6 Å². The minimum Gasteiger partial charge on any atom is -0.478 e. The number of hydrogen-bond donors (Lipinski definition) is 1. The van der Waals surface area contributed by atoms with Crippen molar-refractivity contribution in [3.63, 3.8) is 0 Å². The highest BCUT2D eigenvalue weighted by Crippen LogP contribution is 2.20. The maximum absolute atomic E-state index is 12.1. The Hall–Kier alpha value is -1.84. The molecule has 1 N–H and O–H groups in total. The summed E-state index contributed by atoms with van der Waals surface area (Å²) in [6, 6.07) is 6.90. The van der Waals surface area contributed by atoms with Gasteiger partial charge in [-0.2, -0.15) is 0 Å². The van der Waals surface area contributed by atoms with Crippen LogP contribution in [-0.4, -0.2) is 35.0 Å². The number of aryl methyl sites for hydroxylation is 1. The largest absolute Gasteiger partial charge is 0.478 e. The SMILES string of the molecule is CC[C@H]1CCN(C(=O)CCc2ccccc2C(=O)O)C1. The zero-order valence-electron chi connectivity index (χ0n) is 11.8. The first kappa shape index (κ1) is 14.6. The molecule has 0 aliphatic carbocycles. The van der Waals surface area contributed by atoms with Crippen molar-refractivity contribution in [1.82, 2.24) is 4.90 Å². The Morgan fingerprint density at radius 3 is 2.75 bits per heavy atom. The van der Waals surface area contributed by atoms with E-state index in [-0.39, 0.29) is 5.91 Å². The summed E-state index contributed by atoms with van der Waals surface area (Å²) in [6.45, 7) is 3.86. The summed E-state index contributed by atoms with van der Waals surface area (Å²) in [5.74, 6) is -0.160. The number of carboxylic acid groups (broad SMARTS) is 1. The molecule has 1 aromatic rings. The summed E-state index contributed by atoms with van der Waals surface area (Å²) in [7, 11) is 0. The lowest BCUT2D eigenvalue weighted by Gasteiger charge is -2.16. The topological polar surface area (TPSA) is 57.6 Å². The lowest BCUT2D eigenvalue weighted by atomic mass is 10.0. The Morgan fingerprint density at radius 2 is 2.10 bits per heavy atom. The minimum absolute atomic E-state index is 0.140. The van der Waals surface area contributed by atoms with Crippen LogP contribution in [0.15, 0.2) is 24.3 Å². The van der Waals surface area contributed by atoms with Gasteiger partial charge < -0.3 is 10.0 Å². The third kappa shape index (κ3) is 3.38. The van der Waals surface area contributed by atoms with E-state index in [2.05, 4.69) is 6.92 Å². The van der Waals surface area contributed by atoms with Crippen molar-refractivity contribution in [2.24, 2.45) is 5.92 Å². The van der Waals surface area contributed by atoms with Gasteiger partial charge in [-0.05, 0) is 30.4 Å². The van der Waals surface area contributed by atoms with E-state index in [1.165, 1.54) is 0 Å². The summed E-state index contributed by atoms with van der Waals surface area (Å²) in [6.07, 6.45) is 3.09. The van der Waals surface area contributed by atoms with E-state index in [1.54, 1.807) is 18.2 Å². The van der Waals surface area contributed by atoms with Gasteiger partial charge in [-0.15, -0.1) is 0 Å². The van der Waals surface area contributed by atoms with Crippen molar-refractivity contribution in [1.29, 1.82) is 0 Å². The lowest BCUT2D eigenvalue weighted by molar-refractivity contribution is -0.130. The quantitative estimate of drug-likeness (QED) is 0.898. The van der Waals surface area contributed by atoms with E-state index in [0.29, 0.717) is 24.3 Å². The van der Waals surface area contributed by atoms with Crippen molar-refractivity contribution < 1.29 is 14.7 Å². The number of benzene rings is 1. The smallest absolute Gasteiger partial charge is 0.335 e. The standard InChI is InChI=1S/C16H21NO3/c1-2-12-9-10-17(11-12)15(18)8-7-13-5-3-4-6-14(13)16(19)20/h3-6,12H,2,7-11H2,1H3,(H,19,20)/t12-/m0/s1. The van der Waals surface area contributed by atoms with E-state index in [4.69, 9.17) is 5.11 Å². The predicted molar refractivity (Wildman–Crippen MR) is 76.7 cm³/mol. The Balaban J connectivity index is 1.92. The van der Waals surface area contributed by atoms with Crippen LogP contribution in [-0.2, 0) is 11.2 Å². The van der Waals surface area contributed by atoms with Crippen LogP contribution >= 0.6 is 0 Å². The molecule has 1 amide bonds. The van der Waals surface area contributed by atoms with Gasteiger partial charge in [-0.25, -0.2) is 4.79 Å². The van der Waals surface area contributed by atoms with Crippen LogP contribution in [0.2, 0.25) is 0 Å². The number of nitrogens with zero attached hydrogens (tertiary/aromatic N) is 1. The van der Waals surface area contributed by atoms with Gasteiger partial charge in [-0.3, -0.25) is 4.79 Å². The normalized spacial score (nSPS) is 18.2. The zero-order valence-corrected chi connectivity index (χ0v) is 11.8. The van der Waals surface area contributed by atoms with Gasteiger partial charge in [0.1, 0.15) is 0 Å². The molecule has 0 saturated carbocycles. The van der Waals surface area contributed by atoms with Crippen molar-refractivity contribution in [3.05, 3.63) is 35.4 Å². The maximum Gasteiger partial charge on any atom is 0.335 e. The molecule has 0 radical (unpaired) electrons. The number of hydrogen-bond acceptors (Lipinski definition) is 2. The van der Waals surface area contributed by atoms with Crippen LogP contribution in [0.1, 0.15) is 42.1 Å². The van der Waals surface area contributed by atoms with E-state index >= 15 is 0 Å². The van der Waals surface area contributed by atoms with Crippen LogP contribution in [0.25, 0.3) is 0 Å². The Bertz CT molecular complexity index is 498. The molecule has 1 atom stereocenters. The second kappa shape index (κ2) is 6.55. The first-order valence-corrected chi connectivity index (χ1v) is 7.20. The number of carbonyl (C=O) groups is 2. The fraction of sp³-hybridized carbons (Fsp3) is 0.500. The predicted octanol–water partition coefficient (Wildman–Crippen LogP) is 2.58. The van der Waals surface area contributed by atoms with Crippen LogP contribution < -0.4 is 0 Å². The van der Waals surface area contributed by atoms with Crippen LogP contribution in [0.4, 0.5) is 0 Å². The molecular formula is C16H21NO3. The third-order valence-corrected chi connectivity index (χ3v) is 4.07. The molecule has 1 aromatic carbocycles. The third-order valence-electron chi connectivity index (χ3n) is 4.07. The number of aromatic carboxylic acids is 1. The molecule has 0 spiro atoms. The second-order valence-electron chi connectivity index (χ2n) is 5.37. The van der Waals surface area contributed by atoms with Gasteiger partial charge in [0.2, 0.25) is 5.91 Å². The summed E-state index contributed by atoms with van der Waals surface area (Å²) in [5, 5.41) is 9.11. The second-order valence-corrected chi connectivity index (χ2v) is 5.37. The average molecular weight is 275 g/mol. The molecule has 1 heterocycles. The molecule has 1 aliphatic rings. The number of amides is 1. The molecule has 1 aliphatic heterocycles. The number of carbonyl (C=O) groups excluding carboxylic acids is 1. The Labute approximate surface area is 119 Å². The molecule has 1 fully saturated rings.